The van der Waals surface area contributed by atoms with Crippen molar-refractivity contribution in [1.29, 1.82) is 0 Å². The van der Waals surface area contributed by atoms with E-state index in [1.807, 2.05) is 11.4 Å². The highest BCUT2D eigenvalue weighted by Crippen LogP contribution is 2.41. The molecule has 106 valence electrons. The van der Waals surface area contributed by atoms with Gasteiger partial charge in [-0.3, -0.25) is 10.1 Å². The molecular weight excluding hydrogens is 297 g/mol. The molecule has 0 aliphatic rings. The smallest absolute Gasteiger partial charge is 0.283 e. The topological polar surface area (TPSA) is 95.2 Å². The van der Waals surface area contributed by atoms with Crippen LogP contribution in [-0.2, 0) is 0 Å². The highest BCUT2D eigenvalue weighted by molar-refractivity contribution is 7.13. The lowest BCUT2D eigenvalue weighted by molar-refractivity contribution is -0.384. The fourth-order valence-electron chi connectivity index (χ4n) is 1.99. The molecular formula is C13H8FN3O3S. The molecule has 3 rings (SSSR count). The Labute approximate surface area is 121 Å². The van der Waals surface area contributed by atoms with Gasteiger partial charge in [-0.2, -0.15) is 0 Å². The highest BCUT2D eigenvalue weighted by Gasteiger charge is 2.25. The Morgan fingerprint density at radius 2 is 2.19 bits per heavy atom. The first-order valence-electron chi connectivity index (χ1n) is 5.81. The summed E-state index contributed by atoms with van der Waals surface area (Å²) in [7, 11) is 0. The lowest BCUT2D eigenvalue weighted by Crippen LogP contribution is -1.94. The lowest BCUT2D eigenvalue weighted by atomic mass is 10.1. The van der Waals surface area contributed by atoms with Gasteiger partial charge in [0.05, 0.1) is 22.1 Å². The molecule has 8 heteroatoms. The molecule has 21 heavy (non-hydrogen) atoms. The third-order valence-corrected chi connectivity index (χ3v) is 3.77. The second-order valence-corrected chi connectivity index (χ2v) is 5.12. The van der Waals surface area contributed by atoms with Crippen molar-refractivity contribution in [3.63, 3.8) is 0 Å². The Morgan fingerprint density at radius 1 is 1.38 bits per heavy atom. The van der Waals surface area contributed by atoms with E-state index in [1.54, 1.807) is 6.07 Å². The summed E-state index contributed by atoms with van der Waals surface area (Å²) in [5, 5.41) is 16.6. The van der Waals surface area contributed by atoms with Gasteiger partial charge in [0.2, 0.25) is 0 Å². The van der Waals surface area contributed by atoms with Crippen molar-refractivity contribution >= 4 is 22.8 Å². The van der Waals surface area contributed by atoms with Gasteiger partial charge in [-0.15, -0.1) is 11.3 Å². The molecule has 6 nitrogen and oxygen atoms in total. The summed E-state index contributed by atoms with van der Waals surface area (Å²) in [6.45, 7) is 0. The zero-order valence-electron chi connectivity index (χ0n) is 10.4. The summed E-state index contributed by atoms with van der Waals surface area (Å²) < 4.78 is 18.4. The summed E-state index contributed by atoms with van der Waals surface area (Å²) in [6.07, 6.45) is 0. The lowest BCUT2D eigenvalue weighted by Gasteiger charge is -2.02. The van der Waals surface area contributed by atoms with E-state index < -0.39 is 16.4 Å². The predicted molar refractivity (Wildman–Crippen MR) is 76.3 cm³/mol. The van der Waals surface area contributed by atoms with Gasteiger partial charge in [-0.25, -0.2) is 4.39 Å². The second-order valence-electron chi connectivity index (χ2n) is 4.17. The van der Waals surface area contributed by atoms with Crippen LogP contribution in [0, 0.1) is 15.9 Å². The number of halogens is 1. The van der Waals surface area contributed by atoms with Gasteiger partial charge < -0.3 is 10.3 Å². The number of nitro benzene ring substituents is 1. The van der Waals surface area contributed by atoms with E-state index in [0.717, 1.165) is 17.0 Å². The van der Waals surface area contributed by atoms with Gasteiger partial charge in [-0.1, -0.05) is 11.2 Å². The zero-order chi connectivity index (χ0) is 15.0. The molecule has 0 amide bonds. The normalized spacial score (nSPS) is 10.7. The molecule has 0 saturated heterocycles. The van der Waals surface area contributed by atoms with Crippen molar-refractivity contribution in [3.05, 3.63) is 51.6 Å². The molecule has 0 aliphatic heterocycles. The minimum Gasteiger partial charge on any atom is -0.380 e. The first-order valence-corrected chi connectivity index (χ1v) is 6.69. The number of nitro groups is 1. The number of nitrogens with two attached hydrogens (primary N) is 1. The number of benzene rings is 1. The molecule has 0 fully saturated rings. The van der Waals surface area contributed by atoms with Crippen molar-refractivity contribution < 1.29 is 13.8 Å². The van der Waals surface area contributed by atoms with E-state index in [-0.39, 0.29) is 17.1 Å². The molecule has 0 bridgehead atoms. The van der Waals surface area contributed by atoms with Crippen LogP contribution in [0.1, 0.15) is 0 Å². The number of hydrogen-bond acceptors (Lipinski definition) is 6. The third-order valence-electron chi connectivity index (χ3n) is 2.89. The van der Waals surface area contributed by atoms with Crippen LogP contribution in [0.15, 0.2) is 40.2 Å². The Kier molecular flexibility index (Phi) is 3.15. The van der Waals surface area contributed by atoms with E-state index in [9.17, 15) is 14.5 Å². The number of hydrogen-bond donors (Lipinski definition) is 1. The summed E-state index contributed by atoms with van der Waals surface area (Å²) >= 11 is 1.40. The predicted octanol–water partition coefficient (Wildman–Crippen LogP) is 3.70. The number of aromatic nitrogens is 1. The standard InChI is InChI=1S/C13H8FN3O3S/c14-7-3-4-8(9(6-7)17(18)19)12-11(13(15)16-20-12)10-2-1-5-21-10/h1-6H,(H2,15,16). The van der Waals surface area contributed by atoms with Gasteiger partial charge in [0.1, 0.15) is 5.82 Å². The first-order chi connectivity index (χ1) is 10.1. The van der Waals surface area contributed by atoms with Crippen LogP contribution in [0.2, 0.25) is 0 Å². The van der Waals surface area contributed by atoms with Crippen LogP contribution in [0.25, 0.3) is 21.8 Å². The van der Waals surface area contributed by atoms with Crippen molar-refractivity contribution in [1.82, 2.24) is 5.16 Å². The van der Waals surface area contributed by atoms with Crippen LogP contribution in [0.3, 0.4) is 0 Å². The van der Waals surface area contributed by atoms with Crippen molar-refractivity contribution in [2.24, 2.45) is 0 Å². The molecule has 0 spiro atoms. The van der Waals surface area contributed by atoms with Crippen LogP contribution in [-0.4, -0.2) is 10.1 Å². The van der Waals surface area contributed by atoms with Crippen LogP contribution in [0.5, 0.6) is 0 Å². The largest absolute Gasteiger partial charge is 0.380 e. The van der Waals surface area contributed by atoms with Crippen molar-refractivity contribution in [2.45, 2.75) is 0 Å². The highest BCUT2D eigenvalue weighted by atomic mass is 32.1. The van der Waals surface area contributed by atoms with E-state index >= 15 is 0 Å². The van der Waals surface area contributed by atoms with Gasteiger partial charge in [-0.05, 0) is 23.6 Å². The number of nitrogens with zero attached hydrogens (tertiary/aromatic N) is 2. The Bertz CT molecular complexity index is 814. The molecule has 2 heterocycles. The molecule has 3 aromatic rings. The maximum absolute atomic E-state index is 13.2. The average molecular weight is 305 g/mol. The Hall–Kier alpha value is -2.74. The molecule has 2 aromatic heterocycles. The molecule has 0 atom stereocenters. The van der Waals surface area contributed by atoms with E-state index in [2.05, 4.69) is 5.16 Å². The Balaban J connectivity index is 2.26. The number of rotatable bonds is 3. The van der Waals surface area contributed by atoms with Gasteiger partial charge in [0.15, 0.2) is 11.6 Å². The van der Waals surface area contributed by atoms with Gasteiger partial charge in [0.25, 0.3) is 5.69 Å². The minimum atomic E-state index is -0.699. The third kappa shape index (κ3) is 2.25. The molecule has 0 unspecified atom stereocenters. The monoisotopic (exact) mass is 305 g/mol. The second kappa shape index (κ2) is 4.98. The number of nitrogen functional groups attached to an aromatic ring is 1. The number of thiophene rings is 1. The van der Waals surface area contributed by atoms with Gasteiger partial charge in [0, 0.05) is 4.88 Å². The van der Waals surface area contributed by atoms with E-state index in [0.29, 0.717) is 5.56 Å². The molecule has 0 saturated carbocycles. The van der Waals surface area contributed by atoms with E-state index in [1.165, 1.54) is 17.4 Å². The minimum absolute atomic E-state index is 0.131. The molecule has 1 aromatic carbocycles. The van der Waals surface area contributed by atoms with E-state index in [4.69, 9.17) is 10.3 Å². The summed E-state index contributed by atoms with van der Waals surface area (Å²) in [6, 6.07) is 6.86. The first kappa shape index (κ1) is 13.3. The van der Waals surface area contributed by atoms with Crippen molar-refractivity contribution in [2.75, 3.05) is 5.73 Å². The molecule has 2 N–H and O–H groups in total. The van der Waals surface area contributed by atoms with Crippen molar-refractivity contribution in [3.8, 4) is 21.8 Å². The maximum Gasteiger partial charge on any atom is 0.283 e. The van der Waals surface area contributed by atoms with Crippen LogP contribution >= 0.6 is 11.3 Å². The van der Waals surface area contributed by atoms with Crippen LogP contribution < -0.4 is 5.73 Å². The van der Waals surface area contributed by atoms with Crippen LogP contribution in [0.4, 0.5) is 15.9 Å². The average Bonchev–Trinajstić information content (AvgIpc) is 3.07. The summed E-state index contributed by atoms with van der Waals surface area (Å²) in [5.41, 5.74) is 5.99. The quantitative estimate of drug-likeness (QED) is 0.588. The van der Waals surface area contributed by atoms with Gasteiger partial charge >= 0.3 is 0 Å². The fourth-order valence-corrected chi connectivity index (χ4v) is 2.77. The summed E-state index contributed by atoms with van der Waals surface area (Å²) in [5.74, 6) is -0.414. The fraction of sp³-hybridized carbons (Fsp3) is 0. The number of anilines is 1. The molecule has 0 aliphatic carbocycles. The molecule has 0 radical (unpaired) electrons. The SMILES string of the molecule is Nc1noc(-c2ccc(F)cc2[N+](=O)[O-])c1-c1cccs1. The summed E-state index contributed by atoms with van der Waals surface area (Å²) in [4.78, 5) is 11.2. The Morgan fingerprint density at radius 3 is 2.86 bits per heavy atom. The zero-order valence-corrected chi connectivity index (χ0v) is 11.3. The maximum atomic E-state index is 13.2.